The van der Waals surface area contributed by atoms with Gasteiger partial charge in [0.05, 0.1) is 25.3 Å². The number of para-hydroxylation sites is 1. The van der Waals surface area contributed by atoms with Gasteiger partial charge in [0.1, 0.15) is 29.0 Å². The molecule has 0 unspecified atom stereocenters. The largest absolute Gasteiger partial charge is 0.496 e. The first kappa shape index (κ1) is 20.0. The summed E-state index contributed by atoms with van der Waals surface area (Å²) in [6.07, 6.45) is -1.40. The van der Waals surface area contributed by atoms with E-state index in [0.29, 0.717) is 17.3 Å². The molecule has 8 heteroatoms. The van der Waals surface area contributed by atoms with Crippen LogP contribution in [0.25, 0.3) is 0 Å². The summed E-state index contributed by atoms with van der Waals surface area (Å²) in [5.74, 6) is -0.670. The normalized spacial score (nSPS) is 35.5. The molecule has 0 radical (unpaired) electrons. The van der Waals surface area contributed by atoms with Crippen molar-refractivity contribution in [3.05, 3.63) is 29.8 Å². The summed E-state index contributed by atoms with van der Waals surface area (Å²) in [4.78, 5) is 0.559. The first-order chi connectivity index (χ1) is 13.2. The first-order valence-corrected chi connectivity index (χ1v) is 9.87. The van der Waals surface area contributed by atoms with Crippen LogP contribution in [0.15, 0.2) is 24.3 Å². The van der Waals surface area contributed by atoms with E-state index in [1.807, 2.05) is 52.0 Å². The van der Waals surface area contributed by atoms with Crippen molar-refractivity contribution in [3.63, 3.8) is 0 Å². The highest BCUT2D eigenvalue weighted by Crippen LogP contribution is 2.41. The number of fused-ring (bicyclic) bond motifs is 1. The molecule has 4 rings (SSSR count). The lowest BCUT2D eigenvalue weighted by molar-refractivity contribution is -0.223. The Kier molecular flexibility index (Phi) is 5.14. The molecule has 0 aromatic heterocycles. The number of ether oxygens (including phenoxy) is 6. The highest BCUT2D eigenvalue weighted by atomic mass is 32.1. The molecule has 7 nitrogen and oxygen atoms in total. The number of hydrogen-bond donors (Lipinski definition) is 1. The highest BCUT2D eigenvalue weighted by Gasteiger charge is 2.58. The van der Waals surface area contributed by atoms with Crippen LogP contribution < -0.4 is 10.1 Å². The molecule has 1 aromatic rings. The SMILES string of the molecule is COc1ccccc1C(=S)N[C@H]1[C@H]2OC(C)(C)O[C@H]2O[C@@H]1[C@H]1COC(C)(C)O1. The quantitative estimate of drug-likeness (QED) is 0.761. The number of methoxy groups -OCH3 is 1. The molecule has 0 bridgehead atoms. The minimum atomic E-state index is -0.724. The van der Waals surface area contributed by atoms with E-state index >= 15 is 0 Å². The Balaban J connectivity index is 1.57. The molecule has 3 aliphatic heterocycles. The van der Waals surface area contributed by atoms with E-state index in [4.69, 9.17) is 40.6 Å². The maximum absolute atomic E-state index is 6.20. The van der Waals surface area contributed by atoms with Crippen molar-refractivity contribution >= 4 is 17.2 Å². The average molecular weight is 410 g/mol. The topological polar surface area (TPSA) is 67.4 Å². The predicted octanol–water partition coefficient (Wildman–Crippen LogP) is 2.36. The van der Waals surface area contributed by atoms with E-state index in [-0.39, 0.29) is 24.4 Å². The molecule has 5 atom stereocenters. The third-order valence-corrected chi connectivity index (χ3v) is 5.47. The second-order valence-electron chi connectivity index (χ2n) is 8.14. The van der Waals surface area contributed by atoms with E-state index in [9.17, 15) is 0 Å². The molecule has 3 fully saturated rings. The van der Waals surface area contributed by atoms with Crippen LogP contribution >= 0.6 is 12.2 Å². The van der Waals surface area contributed by atoms with Crippen molar-refractivity contribution < 1.29 is 28.4 Å². The molecule has 28 heavy (non-hydrogen) atoms. The Morgan fingerprint density at radius 1 is 1.07 bits per heavy atom. The first-order valence-electron chi connectivity index (χ1n) is 9.46. The van der Waals surface area contributed by atoms with Gasteiger partial charge < -0.3 is 33.7 Å². The van der Waals surface area contributed by atoms with Gasteiger partial charge >= 0.3 is 0 Å². The summed E-state index contributed by atoms with van der Waals surface area (Å²) in [5.41, 5.74) is 0.810. The van der Waals surface area contributed by atoms with Crippen molar-refractivity contribution in [1.82, 2.24) is 5.32 Å². The molecule has 0 amide bonds. The third-order valence-electron chi connectivity index (χ3n) is 5.13. The van der Waals surface area contributed by atoms with Crippen LogP contribution in [0.4, 0.5) is 0 Å². The van der Waals surface area contributed by atoms with E-state index < -0.39 is 17.9 Å². The molecule has 3 saturated heterocycles. The Morgan fingerprint density at radius 2 is 1.82 bits per heavy atom. The summed E-state index contributed by atoms with van der Waals surface area (Å²) >= 11 is 5.69. The minimum Gasteiger partial charge on any atom is -0.496 e. The molecule has 0 spiro atoms. The van der Waals surface area contributed by atoms with Crippen LogP contribution in [0, 0.1) is 0 Å². The summed E-state index contributed by atoms with van der Waals surface area (Å²) < 4.78 is 35.5. The van der Waals surface area contributed by atoms with Gasteiger partial charge in [-0.3, -0.25) is 0 Å². The van der Waals surface area contributed by atoms with Crippen molar-refractivity contribution in [2.75, 3.05) is 13.7 Å². The second-order valence-corrected chi connectivity index (χ2v) is 8.54. The van der Waals surface area contributed by atoms with Gasteiger partial charge in [0.15, 0.2) is 17.9 Å². The predicted molar refractivity (Wildman–Crippen MR) is 105 cm³/mol. The van der Waals surface area contributed by atoms with Crippen LogP contribution in [-0.4, -0.2) is 60.9 Å². The molecule has 3 heterocycles. The standard InChI is InChI=1S/C20H27NO6S/c1-19(2)23-10-13(25-19)15-14(16-18(24-15)27-20(3,4)26-16)21-17(28)11-8-6-7-9-12(11)22-5/h6-9,13-16,18H,10H2,1-5H3,(H,21,28)/t13-,14-,15-,16-,18-/m1/s1. The Morgan fingerprint density at radius 3 is 2.50 bits per heavy atom. The van der Waals surface area contributed by atoms with E-state index in [1.165, 1.54) is 0 Å². The van der Waals surface area contributed by atoms with Crippen LogP contribution in [0.3, 0.4) is 0 Å². The maximum atomic E-state index is 6.20. The number of thiocarbonyl (C=S) groups is 1. The fourth-order valence-corrected chi connectivity index (χ4v) is 4.26. The minimum absolute atomic E-state index is 0.256. The molecule has 1 aromatic carbocycles. The monoisotopic (exact) mass is 409 g/mol. The molecule has 0 saturated carbocycles. The average Bonchev–Trinajstić information content (AvgIpc) is 3.25. The van der Waals surface area contributed by atoms with Gasteiger partial charge in [-0.25, -0.2) is 0 Å². The number of benzene rings is 1. The van der Waals surface area contributed by atoms with Crippen molar-refractivity contribution in [3.8, 4) is 5.75 Å². The molecule has 0 aliphatic carbocycles. The molecule has 154 valence electrons. The number of nitrogens with one attached hydrogen (secondary N) is 1. The molecule has 1 N–H and O–H groups in total. The third kappa shape index (κ3) is 3.77. The smallest absolute Gasteiger partial charge is 0.189 e. The fourth-order valence-electron chi connectivity index (χ4n) is 3.95. The Labute approximate surface area is 170 Å². The summed E-state index contributed by atoms with van der Waals surface area (Å²) in [6.45, 7) is 7.96. The van der Waals surface area contributed by atoms with Crippen LogP contribution in [0.1, 0.15) is 33.3 Å². The van der Waals surface area contributed by atoms with Crippen molar-refractivity contribution in [1.29, 1.82) is 0 Å². The number of rotatable bonds is 4. The van der Waals surface area contributed by atoms with E-state index in [1.54, 1.807) is 7.11 Å². The van der Waals surface area contributed by atoms with Gasteiger partial charge in [-0.1, -0.05) is 24.4 Å². The fraction of sp³-hybridized carbons (Fsp3) is 0.650. The molecular weight excluding hydrogens is 382 g/mol. The highest BCUT2D eigenvalue weighted by molar-refractivity contribution is 7.80. The lowest BCUT2D eigenvalue weighted by atomic mass is 10.0. The van der Waals surface area contributed by atoms with Crippen molar-refractivity contribution in [2.24, 2.45) is 0 Å². The zero-order valence-electron chi connectivity index (χ0n) is 16.8. The Bertz CT molecular complexity index is 754. The summed E-state index contributed by atoms with van der Waals surface area (Å²) in [7, 11) is 1.63. The molecule has 3 aliphatic rings. The maximum Gasteiger partial charge on any atom is 0.189 e. The summed E-state index contributed by atoms with van der Waals surface area (Å²) in [5, 5.41) is 3.42. The van der Waals surface area contributed by atoms with Gasteiger partial charge in [-0.15, -0.1) is 0 Å². The van der Waals surface area contributed by atoms with Gasteiger partial charge in [-0.05, 0) is 39.8 Å². The zero-order chi connectivity index (χ0) is 20.1. The van der Waals surface area contributed by atoms with Crippen molar-refractivity contribution in [2.45, 2.75) is 69.9 Å². The number of hydrogen-bond acceptors (Lipinski definition) is 7. The van der Waals surface area contributed by atoms with Crippen LogP contribution in [-0.2, 0) is 23.7 Å². The second kappa shape index (κ2) is 7.19. The van der Waals surface area contributed by atoms with Gasteiger partial charge in [0.2, 0.25) is 0 Å². The van der Waals surface area contributed by atoms with E-state index in [0.717, 1.165) is 5.56 Å². The lowest BCUT2D eigenvalue weighted by Gasteiger charge is -2.30. The summed E-state index contributed by atoms with van der Waals surface area (Å²) in [6, 6.07) is 7.37. The lowest BCUT2D eigenvalue weighted by Crippen LogP contribution is -2.52. The van der Waals surface area contributed by atoms with Gasteiger partial charge in [-0.2, -0.15) is 0 Å². The molecular formula is C20H27NO6S. The zero-order valence-corrected chi connectivity index (χ0v) is 17.6. The van der Waals surface area contributed by atoms with Gasteiger partial charge in [0.25, 0.3) is 0 Å². The van der Waals surface area contributed by atoms with Gasteiger partial charge in [0, 0.05) is 0 Å². The van der Waals surface area contributed by atoms with Crippen LogP contribution in [0.5, 0.6) is 5.75 Å². The van der Waals surface area contributed by atoms with Crippen LogP contribution in [0.2, 0.25) is 0 Å². The van der Waals surface area contributed by atoms with E-state index in [2.05, 4.69) is 5.32 Å². The Hall–Kier alpha value is -1.29.